The van der Waals surface area contributed by atoms with E-state index < -0.39 is 0 Å². The second-order valence-corrected chi connectivity index (χ2v) is 7.37. The van der Waals surface area contributed by atoms with Crippen LogP contribution in [0.2, 0.25) is 0 Å². The molecule has 0 amide bonds. The van der Waals surface area contributed by atoms with E-state index in [0.29, 0.717) is 5.52 Å². The van der Waals surface area contributed by atoms with E-state index in [1.165, 1.54) is 68.8 Å². The van der Waals surface area contributed by atoms with Gasteiger partial charge in [-0.1, -0.05) is 19.4 Å². The van der Waals surface area contributed by atoms with Crippen molar-refractivity contribution in [2.24, 2.45) is 0 Å². The Bertz CT molecular complexity index is 719. The smallest absolute Gasteiger partial charge is 0.297 e. The predicted molar refractivity (Wildman–Crippen MR) is 99.6 cm³/mol. The number of fused-ring (bicyclic) bond motifs is 1. The first kappa shape index (κ1) is 17.9. The van der Waals surface area contributed by atoms with Crippen molar-refractivity contribution in [3.05, 3.63) is 34.1 Å². The highest BCUT2D eigenvalue weighted by Gasteiger charge is 2.28. The highest BCUT2D eigenvalue weighted by Crippen LogP contribution is 2.24. The summed E-state index contributed by atoms with van der Waals surface area (Å²) in [4.78, 5) is 18.5. The molecule has 6 heteroatoms. The lowest BCUT2D eigenvalue weighted by atomic mass is 10.1. The first-order chi connectivity index (χ1) is 12.1. The third kappa shape index (κ3) is 4.18. The predicted octanol–water partition coefficient (Wildman–Crippen LogP) is 4.20. The lowest BCUT2D eigenvalue weighted by Crippen LogP contribution is -2.52. The molecule has 0 bridgehead atoms. The molecule has 0 radical (unpaired) electrons. The Hall–Kier alpha value is -1.95. The molecule has 2 heterocycles. The van der Waals surface area contributed by atoms with Gasteiger partial charge in [0.15, 0.2) is 5.52 Å². The summed E-state index contributed by atoms with van der Waals surface area (Å²) in [5, 5.41) is 11.1. The number of quaternary nitrogens is 1. The zero-order valence-corrected chi connectivity index (χ0v) is 15.2. The zero-order valence-electron chi connectivity index (χ0n) is 15.2. The summed E-state index contributed by atoms with van der Waals surface area (Å²) in [5.41, 5.74) is 1.33. The maximum absolute atomic E-state index is 11.1. The fraction of sp³-hybridized carbons (Fsp3) is 0.632. The number of nitrogens with zero attached hydrogens (tertiary/aromatic N) is 3. The molecule has 3 rings (SSSR count). The molecule has 1 aliphatic heterocycles. The number of aromatic amines is 1. The summed E-state index contributed by atoms with van der Waals surface area (Å²) in [5.74, 6) is 0.870. The maximum atomic E-state index is 11.1. The first-order valence-electron chi connectivity index (χ1n) is 9.61. The minimum Gasteiger partial charge on any atom is -0.342 e. The average molecular weight is 345 g/mol. The van der Waals surface area contributed by atoms with Crippen molar-refractivity contribution in [3.63, 3.8) is 0 Å². The number of aryl methyl sites for hydroxylation is 1. The van der Waals surface area contributed by atoms with Crippen LogP contribution in [0.25, 0.3) is 11.0 Å². The molecule has 1 fully saturated rings. The number of unbranched alkanes of at least 4 members (excludes halogenated alkanes) is 1. The second-order valence-electron chi connectivity index (χ2n) is 7.37. The molecule has 1 aromatic heterocycles. The number of benzene rings is 1. The molecule has 1 N–H and O–H groups in total. The number of para-hydroxylation sites is 1. The van der Waals surface area contributed by atoms with E-state index in [2.05, 4.69) is 16.9 Å². The number of imidazole rings is 1. The van der Waals surface area contributed by atoms with E-state index in [1.54, 1.807) is 6.07 Å². The Kier molecular flexibility index (Phi) is 5.68. The molecule has 1 aromatic carbocycles. The van der Waals surface area contributed by atoms with Crippen LogP contribution < -0.4 is 0 Å². The summed E-state index contributed by atoms with van der Waals surface area (Å²) in [7, 11) is 0. The fourth-order valence-electron chi connectivity index (χ4n) is 4.15. The van der Waals surface area contributed by atoms with Gasteiger partial charge < -0.3 is 9.47 Å². The largest absolute Gasteiger partial charge is 0.342 e. The molecule has 1 aliphatic rings. The van der Waals surface area contributed by atoms with E-state index in [9.17, 15) is 10.1 Å². The number of hydrogen-bond donors (Lipinski definition) is 1. The highest BCUT2D eigenvalue weighted by atomic mass is 16.6. The van der Waals surface area contributed by atoms with Crippen molar-refractivity contribution in [3.8, 4) is 0 Å². The highest BCUT2D eigenvalue weighted by molar-refractivity contribution is 5.84. The zero-order chi connectivity index (χ0) is 17.7. The van der Waals surface area contributed by atoms with Gasteiger partial charge in [0.2, 0.25) is 0 Å². The monoisotopic (exact) mass is 345 g/mol. The van der Waals surface area contributed by atoms with E-state index >= 15 is 0 Å². The summed E-state index contributed by atoms with van der Waals surface area (Å²) >= 11 is 0. The number of hydrogen-bond acceptors (Lipinski definition) is 3. The van der Waals surface area contributed by atoms with Crippen molar-refractivity contribution in [2.75, 3.05) is 26.2 Å². The Balaban J connectivity index is 1.65. The van der Waals surface area contributed by atoms with Gasteiger partial charge in [-0.15, -0.1) is 0 Å². The van der Waals surface area contributed by atoms with E-state index in [-0.39, 0.29) is 10.6 Å². The summed E-state index contributed by atoms with van der Waals surface area (Å²) in [6, 6.07) is 5.09. The number of non-ortho nitro benzene ring substituents is 1. The van der Waals surface area contributed by atoms with Crippen LogP contribution in [0.15, 0.2) is 18.2 Å². The Morgan fingerprint density at radius 3 is 2.68 bits per heavy atom. The molecule has 1 saturated heterocycles. The van der Waals surface area contributed by atoms with Crippen LogP contribution in [0.5, 0.6) is 0 Å². The molecule has 6 nitrogen and oxygen atoms in total. The maximum Gasteiger partial charge on any atom is 0.297 e. The fourth-order valence-corrected chi connectivity index (χ4v) is 4.15. The van der Waals surface area contributed by atoms with Gasteiger partial charge in [0, 0.05) is 18.9 Å². The molecule has 0 aliphatic carbocycles. The number of likely N-dealkylation sites (tertiary alicyclic amines) is 1. The molecule has 0 unspecified atom stereocenters. The van der Waals surface area contributed by atoms with Gasteiger partial charge >= 0.3 is 0 Å². The van der Waals surface area contributed by atoms with Gasteiger partial charge in [-0.05, 0) is 31.7 Å². The number of H-pyrrole nitrogens is 1. The molecule has 0 atom stereocenters. The van der Waals surface area contributed by atoms with Crippen LogP contribution in [0.1, 0.15) is 51.3 Å². The first-order valence-corrected chi connectivity index (χ1v) is 9.61. The SMILES string of the molecule is CCCC[N+]1(CCCc2nc3c([N+](=O)[O-])cccc3[nH]2)CCCCC1. The van der Waals surface area contributed by atoms with Crippen LogP contribution in [0, 0.1) is 10.1 Å². The summed E-state index contributed by atoms with van der Waals surface area (Å²) in [6.45, 7) is 7.38. The quantitative estimate of drug-likeness (QED) is 0.443. The van der Waals surface area contributed by atoms with E-state index in [4.69, 9.17) is 0 Å². The van der Waals surface area contributed by atoms with Gasteiger partial charge in [-0.25, -0.2) is 4.98 Å². The number of rotatable bonds is 8. The van der Waals surface area contributed by atoms with E-state index in [1.807, 2.05) is 6.07 Å². The minimum absolute atomic E-state index is 0.0856. The van der Waals surface area contributed by atoms with Crippen LogP contribution in [0.3, 0.4) is 0 Å². The van der Waals surface area contributed by atoms with Crippen LogP contribution >= 0.6 is 0 Å². The number of piperidine rings is 1. The number of nitro groups is 1. The standard InChI is InChI=1S/C19H29N4O2/c1-2-3-12-23(13-5-4-6-14-23)15-8-11-18-20-16-9-7-10-17(22(24)25)19(16)21-18/h7,9-10H,2-6,8,11-15H2,1H3,(H,20,21)/q+1. The average Bonchev–Trinajstić information content (AvgIpc) is 3.03. The molecular formula is C19H29N4O2+. The van der Waals surface area contributed by atoms with Gasteiger partial charge in [0.05, 0.1) is 36.6 Å². The number of nitrogens with one attached hydrogen (secondary N) is 1. The van der Waals surface area contributed by atoms with Crippen molar-refractivity contribution in [2.45, 2.75) is 51.9 Å². The van der Waals surface area contributed by atoms with Crippen molar-refractivity contribution in [1.82, 2.24) is 9.97 Å². The molecule has 136 valence electrons. The summed E-state index contributed by atoms with van der Waals surface area (Å²) in [6.07, 6.45) is 8.57. The molecule has 2 aromatic rings. The van der Waals surface area contributed by atoms with E-state index in [0.717, 1.165) is 24.2 Å². The molecular weight excluding hydrogens is 316 g/mol. The van der Waals surface area contributed by atoms with Crippen molar-refractivity contribution >= 4 is 16.7 Å². The van der Waals surface area contributed by atoms with Gasteiger partial charge in [-0.2, -0.15) is 0 Å². The topological polar surface area (TPSA) is 71.8 Å². The lowest BCUT2D eigenvalue weighted by Gasteiger charge is -2.42. The van der Waals surface area contributed by atoms with Crippen LogP contribution in [-0.2, 0) is 6.42 Å². The normalized spacial score (nSPS) is 17.0. The molecule has 0 spiro atoms. The van der Waals surface area contributed by atoms with Gasteiger partial charge in [0.25, 0.3) is 5.69 Å². The second kappa shape index (κ2) is 7.95. The third-order valence-electron chi connectivity index (χ3n) is 5.53. The van der Waals surface area contributed by atoms with Crippen molar-refractivity contribution < 1.29 is 9.41 Å². The Morgan fingerprint density at radius 1 is 1.20 bits per heavy atom. The minimum atomic E-state index is -0.356. The molecule has 0 saturated carbocycles. The Morgan fingerprint density at radius 2 is 1.96 bits per heavy atom. The van der Waals surface area contributed by atoms with Crippen LogP contribution in [0.4, 0.5) is 5.69 Å². The van der Waals surface area contributed by atoms with Gasteiger partial charge in [0.1, 0.15) is 5.82 Å². The molecule has 25 heavy (non-hydrogen) atoms. The number of aromatic nitrogens is 2. The lowest BCUT2D eigenvalue weighted by molar-refractivity contribution is -0.932. The summed E-state index contributed by atoms with van der Waals surface area (Å²) < 4.78 is 1.26. The van der Waals surface area contributed by atoms with Crippen molar-refractivity contribution in [1.29, 1.82) is 0 Å². The Labute approximate surface area is 149 Å². The van der Waals surface area contributed by atoms with Crippen LogP contribution in [-0.4, -0.2) is 45.6 Å². The third-order valence-corrected chi connectivity index (χ3v) is 5.53. The van der Waals surface area contributed by atoms with Gasteiger partial charge in [-0.3, -0.25) is 10.1 Å². The number of nitro benzene ring substituents is 1.